The van der Waals surface area contributed by atoms with E-state index in [0.29, 0.717) is 17.6 Å². The summed E-state index contributed by atoms with van der Waals surface area (Å²) in [7, 11) is 0. The number of hydrogen-bond donors (Lipinski definition) is 1. The maximum atomic E-state index is 12.5. The number of rotatable bonds is 3. The molecule has 0 spiro atoms. The second-order valence-electron chi connectivity index (χ2n) is 6.41. The van der Waals surface area contributed by atoms with Crippen LogP contribution in [0.25, 0.3) is 10.2 Å². The molecule has 0 saturated carbocycles. The summed E-state index contributed by atoms with van der Waals surface area (Å²) in [5.41, 5.74) is 1.24. The molecule has 2 aliphatic rings. The number of likely N-dealkylation sites (tertiary alicyclic amines) is 1. The minimum atomic E-state index is 0.237. The van der Waals surface area contributed by atoms with Crippen LogP contribution in [0.4, 0.5) is 0 Å². The second kappa shape index (κ2) is 6.03. The highest BCUT2D eigenvalue weighted by Gasteiger charge is 2.37. The van der Waals surface area contributed by atoms with E-state index in [-0.39, 0.29) is 5.91 Å². The standard InChI is InChI=1S/C16H20N4OS2/c1-9-10(2)23-16-14(9)15(18-8-19-16)22-7-13(21)20-5-11-3-17-4-12(11)6-20/h8,11-12,17H,3-7H2,1-2H3/t11-,12+. The first kappa shape index (κ1) is 15.4. The molecule has 0 aliphatic carbocycles. The van der Waals surface area contributed by atoms with Gasteiger partial charge in [0, 0.05) is 36.4 Å². The van der Waals surface area contributed by atoms with E-state index in [0.717, 1.165) is 41.4 Å². The summed E-state index contributed by atoms with van der Waals surface area (Å²) in [5, 5.41) is 5.47. The number of aryl methyl sites for hydroxylation is 2. The average molecular weight is 348 g/mol. The van der Waals surface area contributed by atoms with Crippen molar-refractivity contribution in [1.82, 2.24) is 20.2 Å². The fourth-order valence-corrected chi connectivity index (χ4v) is 5.56. The van der Waals surface area contributed by atoms with Crippen LogP contribution >= 0.6 is 23.1 Å². The van der Waals surface area contributed by atoms with Crippen LogP contribution in [-0.4, -0.2) is 52.7 Å². The van der Waals surface area contributed by atoms with Crippen LogP contribution in [0.15, 0.2) is 11.4 Å². The zero-order valence-electron chi connectivity index (χ0n) is 13.3. The van der Waals surface area contributed by atoms with Gasteiger partial charge in [0.1, 0.15) is 16.2 Å². The van der Waals surface area contributed by atoms with E-state index in [1.165, 1.54) is 10.4 Å². The molecule has 1 N–H and O–H groups in total. The van der Waals surface area contributed by atoms with Gasteiger partial charge in [0.05, 0.1) is 5.75 Å². The van der Waals surface area contributed by atoms with Crippen LogP contribution in [-0.2, 0) is 4.79 Å². The van der Waals surface area contributed by atoms with Crippen LogP contribution < -0.4 is 5.32 Å². The lowest BCUT2D eigenvalue weighted by Gasteiger charge is -2.17. The summed E-state index contributed by atoms with van der Waals surface area (Å²) in [6, 6.07) is 0. The van der Waals surface area contributed by atoms with Gasteiger partial charge in [-0.3, -0.25) is 4.79 Å². The van der Waals surface area contributed by atoms with Crippen LogP contribution in [0.1, 0.15) is 10.4 Å². The van der Waals surface area contributed by atoms with Gasteiger partial charge in [-0.1, -0.05) is 11.8 Å². The molecule has 122 valence electrons. The van der Waals surface area contributed by atoms with E-state index in [2.05, 4.69) is 29.1 Å². The van der Waals surface area contributed by atoms with Crippen LogP contribution in [0, 0.1) is 25.7 Å². The Balaban J connectivity index is 1.46. The fraction of sp³-hybridized carbons (Fsp3) is 0.562. The van der Waals surface area contributed by atoms with Crippen molar-refractivity contribution < 1.29 is 4.79 Å². The number of carbonyl (C=O) groups is 1. The minimum Gasteiger partial charge on any atom is -0.341 e. The van der Waals surface area contributed by atoms with Gasteiger partial charge < -0.3 is 10.2 Å². The van der Waals surface area contributed by atoms with E-state index >= 15 is 0 Å². The number of nitrogens with zero attached hydrogens (tertiary/aromatic N) is 3. The Bertz CT molecular complexity index is 748. The van der Waals surface area contributed by atoms with Crippen LogP contribution in [0.5, 0.6) is 0 Å². The Hall–Kier alpha value is -1.18. The van der Waals surface area contributed by atoms with Gasteiger partial charge >= 0.3 is 0 Å². The van der Waals surface area contributed by atoms with Gasteiger partial charge in [0.15, 0.2) is 0 Å². The van der Waals surface area contributed by atoms with E-state index in [4.69, 9.17) is 0 Å². The van der Waals surface area contributed by atoms with E-state index in [1.54, 1.807) is 29.4 Å². The average Bonchev–Trinajstić information content (AvgIpc) is 3.19. The zero-order valence-corrected chi connectivity index (χ0v) is 15.0. The summed E-state index contributed by atoms with van der Waals surface area (Å²) >= 11 is 3.25. The molecule has 0 bridgehead atoms. The number of thioether (sulfide) groups is 1. The first-order valence-electron chi connectivity index (χ1n) is 7.95. The number of hydrogen-bond acceptors (Lipinski definition) is 6. The summed E-state index contributed by atoms with van der Waals surface area (Å²) in [4.78, 5) is 25.6. The van der Waals surface area contributed by atoms with E-state index in [9.17, 15) is 4.79 Å². The summed E-state index contributed by atoms with van der Waals surface area (Å²) < 4.78 is 0. The number of carbonyl (C=O) groups excluding carboxylic acids is 1. The Morgan fingerprint density at radius 2 is 2.09 bits per heavy atom. The molecular formula is C16H20N4OS2. The maximum Gasteiger partial charge on any atom is 0.233 e. The number of fused-ring (bicyclic) bond motifs is 2. The first-order chi connectivity index (χ1) is 11.1. The first-order valence-corrected chi connectivity index (χ1v) is 9.75. The molecule has 7 heteroatoms. The van der Waals surface area contributed by atoms with Crippen molar-refractivity contribution in [2.45, 2.75) is 18.9 Å². The molecule has 0 aromatic carbocycles. The summed E-state index contributed by atoms with van der Waals surface area (Å²) in [6.07, 6.45) is 1.61. The molecule has 2 aliphatic heterocycles. The van der Waals surface area contributed by atoms with Crippen molar-refractivity contribution in [2.24, 2.45) is 11.8 Å². The maximum absolute atomic E-state index is 12.5. The zero-order chi connectivity index (χ0) is 16.0. The third kappa shape index (κ3) is 2.75. The highest BCUT2D eigenvalue weighted by Crippen LogP contribution is 2.35. The SMILES string of the molecule is Cc1sc2ncnc(SCC(=O)N3C[C@H]4CNC[C@H]4C3)c2c1C. The lowest BCUT2D eigenvalue weighted by atomic mass is 10.0. The Morgan fingerprint density at radius 3 is 2.83 bits per heavy atom. The molecule has 4 heterocycles. The molecule has 2 aromatic rings. The lowest BCUT2D eigenvalue weighted by molar-refractivity contribution is -0.127. The molecule has 2 atom stereocenters. The number of amides is 1. The third-order valence-corrected chi connectivity index (χ3v) is 7.09. The molecule has 23 heavy (non-hydrogen) atoms. The highest BCUT2D eigenvalue weighted by molar-refractivity contribution is 8.00. The Kier molecular flexibility index (Phi) is 4.03. The summed E-state index contributed by atoms with van der Waals surface area (Å²) in [5.74, 6) is 2.00. The van der Waals surface area contributed by atoms with Crippen molar-refractivity contribution in [3.05, 3.63) is 16.8 Å². The lowest BCUT2D eigenvalue weighted by Crippen LogP contribution is -2.33. The van der Waals surface area contributed by atoms with Crippen molar-refractivity contribution in [3.8, 4) is 0 Å². The fourth-order valence-electron chi connectivity index (χ4n) is 3.54. The quantitative estimate of drug-likeness (QED) is 0.680. The van der Waals surface area contributed by atoms with Gasteiger partial charge in [0.2, 0.25) is 5.91 Å². The molecule has 4 rings (SSSR count). The van der Waals surface area contributed by atoms with Crippen LogP contribution in [0.3, 0.4) is 0 Å². The van der Waals surface area contributed by atoms with Crippen molar-refractivity contribution >= 4 is 39.2 Å². The molecule has 0 unspecified atom stereocenters. The molecular weight excluding hydrogens is 328 g/mol. The van der Waals surface area contributed by atoms with Gasteiger partial charge in [-0.25, -0.2) is 9.97 Å². The number of nitrogens with one attached hydrogen (secondary N) is 1. The van der Waals surface area contributed by atoms with Gasteiger partial charge in [0.25, 0.3) is 0 Å². The molecule has 2 aromatic heterocycles. The normalized spacial score (nSPS) is 23.7. The topological polar surface area (TPSA) is 58.1 Å². The van der Waals surface area contributed by atoms with Crippen molar-refractivity contribution in [3.63, 3.8) is 0 Å². The highest BCUT2D eigenvalue weighted by atomic mass is 32.2. The third-order valence-electron chi connectivity index (χ3n) is 5.01. The molecule has 2 fully saturated rings. The van der Waals surface area contributed by atoms with Gasteiger partial charge in [-0.05, 0) is 31.2 Å². The monoisotopic (exact) mass is 348 g/mol. The van der Waals surface area contributed by atoms with E-state index < -0.39 is 0 Å². The minimum absolute atomic E-state index is 0.237. The summed E-state index contributed by atoms with van der Waals surface area (Å²) in [6.45, 7) is 8.15. The number of aromatic nitrogens is 2. The van der Waals surface area contributed by atoms with Crippen molar-refractivity contribution in [1.29, 1.82) is 0 Å². The predicted octanol–water partition coefficient (Wildman–Crippen LogP) is 2.08. The Morgan fingerprint density at radius 1 is 1.35 bits per heavy atom. The Labute approximate surface area is 143 Å². The van der Waals surface area contributed by atoms with Crippen molar-refractivity contribution in [2.75, 3.05) is 31.9 Å². The largest absolute Gasteiger partial charge is 0.341 e. The molecule has 1 amide bonds. The van der Waals surface area contributed by atoms with Crippen LogP contribution in [0.2, 0.25) is 0 Å². The number of thiophene rings is 1. The second-order valence-corrected chi connectivity index (χ2v) is 8.58. The van der Waals surface area contributed by atoms with E-state index in [1.807, 2.05) is 4.90 Å². The smallest absolute Gasteiger partial charge is 0.233 e. The molecule has 5 nitrogen and oxygen atoms in total. The molecule has 2 saturated heterocycles. The predicted molar refractivity (Wildman–Crippen MR) is 94.0 cm³/mol. The van der Waals surface area contributed by atoms with Gasteiger partial charge in [-0.15, -0.1) is 11.3 Å². The molecule has 0 radical (unpaired) electrons. The van der Waals surface area contributed by atoms with Gasteiger partial charge in [-0.2, -0.15) is 0 Å².